The molecule has 1 N–H and O–H groups in total. The molecule has 3 heteroatoms. The molecule has 0 spiro atoms. The Morgan fingerprint density at radius 1 is 1.26 bits per heavy atom. The fourth-order valence-corrected chi connectivity index (χ4v) is 2.47. The second-order valence-corrected chi connectivity index (χ2v) is 5.63. The SMILES string of the molecule is Cc1ccc(CCC(=O)NC2CCN(C)CC2)cc1. The fourth-order valence-electron chi connectivity index (χ4n) is 2.47. The molecule has 104 valence electrons. The van der Waals surface area contributed by atoms with Gasteiger partial charge in [-0.05, 0) is 51.9 Å². The molecular weight excluding hydrogens is 236 g/mol. The molecule has 1 heterocycles. The second kappa shape index (κ2) is 6.71. The van der Waals surface area contributed by atoms with Crippen LogP contribution in [-0.2, 0) is 11.2 Å². The number of benzene rings is 1. The van der Waals surface area contributed by atoms with Crippen molar-refractivity contribution in [1.29, 1.82) is 0 Å². The van der Waals surface area contributed by atoms with Crippen LogP contribution in [0.4, 0.5) is 0 Å². The summed E-state index contributed by atoms with van der Waals surface area (Å²) in [5.41, 5.74) is 2.50. The summed E-state index contributed by atoms with van der Waals surface area (Å²) in [6.07, 6.45) is 3.58. The first-order valence-corrected chi connectivity index (χ1v) is 7.17. The van der Waals surface area contributed by atoms with Crippen molar-refractivity contribution in [1.82, 2.24) is 10.2 Å². The van der Waals surface area contributed by atoms with E-state index < -0.39 is 0 Å². The summed E-state index contributed by atoms with van der Waals surface area (Å²) >= 11 is 0. The molecule has 1 aliphatic heterocycles. The van der Waals surface area contributed by atoms with Gasteiger partial charge in [0.25, 0.3) is 0 Å². The van der Waals surface area contributed by atoms with Crippen LogP contribution in [0.15, 0.2) is 24.3 Å². The summed E-state index contributed by atoms with van der Waals surface area (Å²) in [5, 5.41) is 3.16. The molecule has 1 saturated heterocycles. The minimum absolute atomic E-state index is 0.190. The number of nitrogens with one attached hydrogen (secondary N) is 1. The molecule has 0 bridgehead atoms. The summed E-state index contributed by atoms with van der Waals surface area (Å²) < 4.78 is 0. The number of piperidine rings is 1. The fraction of sp³-hybridized carbons (Fsp3) is 0.562. The zero-order chi connectivity index (χ0) is 13.7. The molecular formula is C16H24N2O. The van der Waals surface area contributed by atoms with Gasteiger partial charge >= 0.3 is 0 Å². The van der Waals surface area contributed by atoms with Crippen molar-refractivity contribution in [2.24, 2.45) is 0 Å². The summed E-state index contributed by atoms with van der Waals surface area (Å²) in [6.45, 7) is 4.25. The predicted molar refractivity (Wildman–Crippen MR) is 78.2 cm³/mol. The van der Waals surface area contributed by atoms with Gasteiger partial charge in [-0.1, -0.05) is 29.8 Å². The van der Waals surface area contributed by atoms with Crippen molar-refractivity contribution in [2.75, 3.05) is 20.1 Å². The van der Waals surface area contributed by atoms with Crippen molar-refractivity contribution < 1.29 is 4.79 Å². The van der Waals surface area contributed by atoms with Crippen LogP contribution < -0.4 is 5.32 Å². The minimum atomic E-state index is 0.190. The maximum Gasteiger partial charge on any atom is 0.220 e. The van der Waals surface area contributed by atoms with Gasteiger partial charge in [-0.3, -0.25) is 4.79 Å². The maximum absolute atomic E-state index is 11.9. The number of likely N-dealkylation sites (tertiary alicyclic amines) is 1. The lowest BCUT2D eigenvalue weighted by Gasteiger charge is -2.29. The molecule has 3 nitrogen and oxygen atoms in total. The van der Waals surface area contributed by atoms with E-state index in [-0.39, 0.29) is 5.91 Å². The molecule has 19 heavy (non-hydrogen) atoms. The average Bonchev–Trinajstić information content (AvgIpc) is 2.41. The van der Waals surface area contributed by atoms with E-state index in [9.17, 15) is 4.79 Å². The van der Waals surface area contributed by atoms with Crippen molar-refractivity contribution >= 4 is 5.91 Å². The highest BCUT2D eigenvalue weighted by atomic mass is 16.1. The number of aryl methyl sites for hydroxylation is 2. The van der Waals surface area contributed by atoms with Gasteiger partial charge < -0.3 is 10.2 Å². The van der Waals surface area contributed by atoms with Crippen LogP contribution in [0.5, 0.6) is 0 Å². The first-order valence-electron chi connectivity index (χ1n) is 7.17. The Morgan fingerprint density at radius 2 is 1.89 bits per heavy atom. The van der Waals surface area contributed by atoms with Gasteiger partial charge in [0.1, 0.15) is 0 Å². The number of hydrogen-bond acceptors (Lipinski definition) is 2. The molecule has 1 amide bonds. The Kier molecular flexibility index (Phi) is 4.97. The van der Waals surface area contributed by atoms with Crippen LogP contribution in [-0.4, -0.2) is 37.0 Å². The lowest BCUT2D eigenvalue weighted by molar-refractivity contribution is -0.122. The van der Waals surface area contributed by atoms with Crippen LogP contribution in [0, 0.1) is 6.92 Å². The van der Waals surface area contributed by atoms with Crippen molar-refractivity contribution in [3.05, 3.63) is 35.4 Å². The Hall–Kier alpha value is -1.35. The zero-order valence-corrected chi connectivity index (χ0v) is 12.0. The molecule has 1 fully saturated rings. The average molecular weight is 260 g/mol. The Labute approximate surface area is 116 Å². The lowest BCUT2D eigenvalue weighted by atomic mass is 10.0. The first kappa shape index (κ1) is 14.1. The smallest absolute Gasteiger partial charge is 0.220 e. The van der Waals surface area contributed by atoms with Crippen LogP contribution in [0.25, 0.3) is 0 Å². The topological polar surface area (TPSA) is 32.3 Å². The van der Waals surface area contributed by atoms with Gasteiger partial charge in [0.05, 0.1) is 0 Å². The lowest BCUT2D eigenvalue weighted by Crippen LogP contribution is -2.43. The summed E-state index contributed by atoms with van der Waals surface area (Å²) in [6, 6.07) is 8.80. The molecule has 0 aromatic heterocycles. The number of amides is 1. The van der Waals surface area contributed by atoms with Gasteiger partial charge in [-0.25, -0.2) is 0 Å². The third-order valence-corrected chi connectivity index (χ3v) is 3.85. The van der Waals surface area contributed by atoms with Crippen LogP contribution in [0.2, 0.25) is 0 Å². The number of carbonyl (C=O) groups is 1. The summed E-state index contributed by atoms with van der Waals surface area (Å²) in [5.74, 6) is 0.190. The Bertz CT molecular complexity index is 405. The van der Waals surface area contributed by atoms with Gasteiger partial charge in [0.15, 0.2) is 0 Å². The van der Waals surface area contributed by atoms with E-state index in [1.165, 1.54) is 11.1 Å². The third kappa shape index (κ3) is 4.67. The largest absolute Gasteiger partial charge is 0.353 e. The van der Waals surface area contributed by atoms with E-state index in [1.54, 1.807) is 0 Å². The maximum atomic E-state index is 11.9. The van der Waals surface area contributed by atoms with E-state index >= 15 is 0 Å². The molecule has 0 aliphatic carbocycles. The standard InChI is InChI=1S/C16H24N2O/c1-13-3-5-14(6-4-13)7-8-16(19)17-15-9-11-18(2)12-10-15/h3-6,15H,7-12H2,1-2H3,(H,17,19). The summed E-state index contributed by atoms with van der Waals surface area (Å²) in [7, 11) is 2.13. The van der Waals surface area contributed by atoms with Crippen LogP contribution >= 0.6 is 0 Å². The third-order valence-electron chi connectivity index (χ3n) is 3.85. The monoisotopic (exact) mass is 260 g/mol. The van der Waals surface area contributed by atoms with Crippen LogP contribution in [0.3, 0.4) is 0 Å². The number of hydrogen-bond donors (Lipinski definition) is 1. The Morgan fingerprint density at radius 3 is 2.53 bits per heavy atom. The molecule has 0 saturated carbocycles. The van der Waals surface area contributed by atoms with Gasteiger partial charge in [0, 0.05) is 12.5 Å². The number of rotatable bonds is 4. The molecule has 0 atom stereocenters. The highest BCUT2D eigenvalue weighted by Gasteiger charge is 2.17. The zero-order valence-electron chi connectivity index (χ0n) is 12.0. The van der Waals surface area contributed by atoms with Gasteiger partial charge in [0.2, 0.25) is 5.91 Å². The van der Waals surface area contributed by atoms with E-state index in [1.807, 2.05) is 0 Å². The van der Waals surface area contributed by atoms with Crippen molar-refractivity contribution in [3.63, 3.8) is 0 Å². The Balaban J connectivity index is 1.71. The number of nitrogens with zero attached hydrogens (tertiary/aromatic N) is 1. The molecule has 0 unspecified atom stereocenters. The van der Waals surface area contributed by atoms with Gasteiger partial charge in [-0.15, -0.1) is 0 Å². The molecule has 1 aromatic rings. The van der Waals surface area contributed by atoms with Crippen LogP contribution in [0.1, 0.15) is 30.4 Å². The summed E-state index contributed by atoms with van der Waals surface area (Å²) in [4.78, 5) is 14.2. The second-order valence-electron chi connectivity index (χ2n) is 5.63. The molecule has 0 radical (unpaired) electrons. The highest BCUT2D eigenvalue weighted by Crippen LogP contribution is 2.09. The quantitative estimate of drug-likeness (QED) is 0.899. The predicted octanol–water partition coefficient (Wildman–Crippen LogP) is 2.14. The van der Waals surface area contributed by atoms with Gasteiger partial charge in [-0.2, -0.15) is 0 Å². The van der Waals surface area contributed by atoms with Crippen molar-refractivity contribution in [3.8, 4) is 0 Å². The first-order chi connectivity index (χ1) is 9.13. The molecule has 2 rings (SSSR count). The van der Waals surface area contributed by atoms with E-state index in [2.05, 4.69) is 48.5 Å². The normalized spacial score (nSPS) is 17.4. The minimum Gasteiger partial charge on any atom is -0.353 e. The van der Waals surface area contributed by atoms with Crippen molar-refractivity contribution in [2.45, 2.75) is 38.6 Å². The van der Waals surface area contributed by atoms with E-state index in [0.29, 0.717) is 12.5 Å². The molecule has 1 aliphatic rings. The van der Waals surface area contributed by atoms with E-state index in [4.69, 9.17) is 0 Å². The van der Waals surface area contributed by atoms with E-state index in [0.717, 1.165) is 32.4 Å². The number of carbonyl (C=O) groups excluding carboxylic acids is 1. The molecule has 1 aromatic carbocycles. The highest BCUT2D eigenvalue weighted by molar-refractivity contribution is 5.76.